The molecule has 0 bridgehead atoms. The van der Waals surface area contributed by atoms with E-state index in [-0.39, 0.29) is 23.8 Å². The molecule has 0 radical (unpaired) electrons. The van der Waals surface area contributed by atoms with Crippen LogP contribution in [0.1, 0.15) is 40.0 Å². The zero-order valence-corrected chi connectivity index (χ0v) is 11.5. The van der Waals surface area contributed by atoms with Gasteiger partial charge in [0.25, 0.3) is 0 Å². The normalized spacial score (nSPS) is 25.7. The van der Waals surface area contributed by atoms with E-state index in [1.54, 1.807) is 11.8 Å². The van der Waals surface area contributed by atoms with Gasteiger partial charge in [0.05, 0.1) is 6.10 Å². The highest BCUT2D eigenvalue weighted by atomic mass is 16.3. The van der Waals surface area contributed by atoms with Crippen LogP contribution in [0.2, 0.25) is 0 Å². The molecule has 5 heteroatoms. The summed E-state index contributed by atoms with van der Waals surface area (Å²) in [5.74, 6) is 0.0590. The lowest BCUT2D eigenvalue weighted by atomic mass is 9.90. The lowest BCUT2D eigenvalue weighted by Gasteiger charge is -2.39. The van der Waals surface area contributed by atoms with Crippen molar-refractivity contribution in [2.75, 3.05) is 13.1 Å². The Hall–Kier alpha value is -1.10. The van der Waals surface area contributed by atoms with E-state index >= 15 is 0 Å². The van der Waals surface area contributed by atoms with Crippen molar-refractivity contribution in [1.82, 2.24) is 10.2 Å². The molecular weight excluding hydrogens is 232 g/mol. The highest BCUT2D eigenvalue weighted by Gasteiger charge is 2.32. The molecule has 2 amide bonds. The van der Waals surface area contributed by atoms with Gasteiger partial charge in [-0.15, -0.1) is 0 Å². The van der Waals surface area contributed by atoms with Crippen LogP contribution in [-0.4, -0.2) is 47.1 Å². The van der Waals surface area contributed by atoms with Gasteiger partial charge in [-0.2, -0.15) is 0 Å². The number of amides is 2. The molecule has 1 rings (SSSR count). The summed E-state index contributed by atoms with van der Waals surface area (Å²) < 4.78 is 0. The zero-order chi connectivity index (χ0) is 13.7. The molecule has 1 aliphatic rings. The molecule has 0 aliphatic carbocycles. The van der Waals surface area contributed by atoms with E-state index in [4.69, 9.17) is 0 Å². The predicted octanol–water partition coefficient (Wildman–Crippen LogP) is 0.520. The van der Waals surface area contributed by atoms with Crippen LogP contribution in [0, 0.1) is 5.92 Å². The van der Waals surface area contributed by atoms with Gasteiger partial charge in [0, 0.05) is 38.4 Å². The van der Waals surface area contributed by atoms with Crippen LogP contribution < -0.4 is 5.32 Å². The van der Waals surface area contributed by atoms with Gasteiger partial charge in [-0.25, -0.2) is 0 Å². The van der Waals surface area contributed by atoms with Crippen LogP contribution in [0.3, 0.4) is 0 Å². The maximum atomic E-state index is 11.9. The Kier molecular flexibility index (Phi) is 5.59. The molecule has 1 fully saturated rings. The number of nitrogens with one attached hydrogen (secondary N) is 1. The Labute approximate surface area is 109 Å². The first kappa shape index (κ1) is 15.0. The molecule has 0 aromatic rings. The lowest BCUT2D eigenvalue weighted by molar-refractivity contribution is -0.135. The predicted molar refractivity (Wildman–Crippen MR) is 68.9 cm³/mol. The van der Waals surface area contributed by atoms with Gasteiger partial charge in [0.1, 0.15) is 0 Å². The number of carbonyl (C=O) groups is 2. The molecule has 104 valence electrons. The van der Waals surface area contributed by atoms with Gasteiger partial charge in [-0.05, 0) is 19.8 Å². The lowest BCUT2D eigenvalue weighted by Crippen LogP contribution is -2.54. The molecule has 0 spiro atoms. The average molecular weight is 256 g/mol. The topological polar surface area (TPSA) is 69.6 Å². The number of nitrogens with zero attached hydrogens (tertiary/aromatic N) is 1. The maximum absolute atomic E-state index is 11.9. The van der Waals surface area contributed by atoms with Crippen LogP contribution in [0.5, 0.6) is 0 Å². The first-order valence-corrected chi connectivity index (χ1v) is 6.67. The van der Waals surface area contributed by atoms with Gasteiger partial charge < -0.3 is 15.3 Å². The van der Waals surface area contributed by atoms with Crippen LogP contribution in [-0.2, 0) is 9.59 Å². The van der Waals surface area contributed by atoms with Crippen molar-refractivity contribution in [2.45, 2.75) is 52.2 Å². The van der Waals surface area contributed by atoms with Gasteiger partial charge in [-0.1, -0.05) is 6.92 Å². The summed E-state index contributed by atoms with van der Waals surface area (Å²) in [5, 5.41) is 12.6. The van der Waals surface area contributed by atoms with E-state index in [1.165, 1.54) is 6.92 Å². The van der Waals surface area contributed by atoms with Crippen molar-refractivity contribution in [3.05, 3.63) is 0 Å². The fraction of sp³-hybridized carbons (Fsp3) is 0.846. The highest BCUT2D eigenvalue weighted by molar-refractivity contribution is 5.77. The van der Waals surface area contributed by atoms with E-state index in [2.05, 4.69) is 5.32 Å². The summed E-state index contributed by atoms with van der Waals surface area (Å²) in [4.78, 5) is 24.8. The number of hydrogen-bond donors (Lipinski definition) is 2. The Morgan fingerprint density at radius 1 is 1.44 bits per heavy atom. The second-order valence-electron chi connectivity index (χ2n) is 5.18. The minimum atomic E-state index is -0.460. The molecule has 2 N–H and O–H groups in total. The highest BCUT2D eigenvalue weighted by Crippen LogP contribution is 2.21. The summed E-state index contributed by atoms with van der Waals surface area (Å²) in [6.45, 7) is 6.33. The molecule has 3 atom stereocenters. The number of carbonyl (C=O) groups excluding carboxylic acids is 2. The zero-order valence-electron chi connectivity index (χ0n) is 11.5. The number of piperidine rings is 1. The van der Waals surface area contributed by atoms with Crippen molar-refractivity contribution in [3.8, 4) is 0 Å². The molecule has 18 heavy (non-hydrogen) atoms. The Morgan fingerprint density at radius 3 is 2.61 bits per heavy atom. The van der Waals surface area contributed by atoms with Crippen molar-refractivity contribution >= 4 is 11.8 Å². The first-order chi connectivity index (χ1) is 8.43. The monoisotopic (exact) mass is 256 g/mol. The van der Waals surface area contributed by atoms with E-state index in [0.29, 0.717) is 19.5 Å². The summed E-state index contributed by atoms with van der Waals surface area (Å²) in [5.41, 5.74) is 0. The Bertz CT molecular complexity index is 305. The average Bonchev–Trinajstić information content (AvgIpc) is 2.27. The van der Waals surface area contributed by atoms with E-state index in [0.717, 1.165) is 12.8 Å². The maximum Gasteiger partial charge on any atom is 0.222 e. The van der Waals surface area contributed by atoms with Gasteiger partial charge in [0.2, 0.25) is 11.8 Å². The number of rotatable bonds is 4. The van der Waals surface area contributed by atoms with Gasteiger partial charge >= 0.3 is 0 Å². The first-order valence-electron chi connectivity index (χ1n) is 6.67. The summed E-state index contributed by atoms with van der Waals surface area (Å²) in [6, 6.07) is -0.0448. The molecule has 1 heterocycles. The second kappa shape index (κ2) is 6.73. The molecule has 0 aromatic carbocycles. The quantitative estimate of drug-likeness (QED) is 0.770. The third-order valence-electron chi connectivity index (χ3n) is 3.39. The largest absolute Gasteiger partial charge is 0.393 e. The van der Waals surface area contributed by atoms with E-state index < -0.39 is 6.10 Å². The van der Waals surface area contributed by atoms with Crippen molar-refractivity contribution in [1.29, 1.82) is 0 Å². The van der Waals surface area contributed by atoms with E-state index in [9.17, 15) is 14.7 Å². The molecular formula is C13H24N2O3. The molecule has 0 aromatic heterocycles. The molecule has 5 nitrogen and oxygen atoms in total. The van der Waals surface area contributed by atoms with Gasteiger partial charge in [0.15, 0.2) is 0 Å². The molecule has 0 saturated carbocycles. The smallest absolute Gasteiger partial charge is 0.222 e. The van der Waals surface area contributed by atoms with Crippen LogP contribution in [0.15, 0.2) is 0 Å². The Morgan fingerprint density at radius 2 is 2.11 bits per heavy atom. The number of likely N-dealkylation sites (tertiary alicyclic amines) is 1. The fourth-order valence-corrected chi connectivity index (χ4v) is 2.46. The van der Waals surface area contributed by atoms with E-state index in [1.807, 2.05) is 6.92 Å². The number of aliphatic hydroxyl groups is 1. The van der Waals surface area contributed by atoms with Crippen molar-refractivity contribution in [2.24, 2.45) is 5.92 Å². The molecule has 1 saturated heterocycles. The third-order valence-corrected chi connectivity index (χ3v) is 3.39. The fourth-order valence-electron chi connectivity index (χ4n) is 2.46. The SMILES string of the molecule is CCCC(=O)N1CC(NC(C)=O)CC(C(C)O)C1. The minimum absolute atomic E-state index is 0.0383. The van der Waals surface area contributed by atoms with Gasteiger partial charge in [-0.3, -0.25) is 9.59 Å². The minimum Gasteiger partial charge on any atom is -0.393 e. The molecule has 3 unspecified atom stereocenters. The second-order valence-corrected chi connectivity index (χ2v) is 5.18. The summed E-state index contributed by atoms with van der Waals surface area (Å²) >= 11 is 0. The van der Waals surface area contributed by atoms with Crippen molar-refractivity contribution in [3.63, 3.8) is 0 Å². The van der Waals surface area contributed by atoms with Crippen LogP contribution in [0.4, 0.5) is 0 Å². The van der Waals surface area contributed by atoms with Crippen molar-refractivity contribution < 1.29 is 14.7 Å². The summed E-state index contributed by atoms with van der Waals surface area (Å²) in [7, 11) is 0. The Balaban J connectivity index is 2.67. The summed E-state index contributed by atoms with van der Waals surface area (Å²) in [6.07, 6.45) is 1.62. The van der Waals surface area contributed by atoms with Crippen LogP contribution >= 0.6 is 0 Å². The molecule has 1 aliphatic heterocycles. The van der Waals surface area contributed by atoms with Crippen LogP contribution in [0.25, 0.3) is 0 Å². The third kappa shape index (κ3) is 4.29. The standard InChI is InChI=1S/C13H24N2O3/c1-4-5-13(18)15-7-11(9(2)16)6-12(8-15)14-10(3)17/h9,11-12,16H,4-8H2,1-3H3,(H,14,17). The number of hydrogen-bond acceptors (Lipinski definition) is 3. The number of aliphatic hydroxyl groups excluding tert-OH is 1.